The Morgan fingerprint density at radius 3 is 2.33 bits per heavy atom. The van der Waals surface area contributed by atoms with Gasteiger partial charge < -0.3 is 19.1 Å². The van der Waals surface area contributed by atoms with E-state index in [0.717, 1.165) is 6.42 Å². The van der Waals surface area contributed by atoms with Crippen LogP contribution < -0.4 is 0 Å². The molecule has 0 spiro atoms. The molecule has 1 heterocycles. The maximum absolute atomic E-state index is 12.4. The minimum absolute atomic E-state index is 0.0905. The Bertz CT molecular complexity index is 456. The van der Waals surface area contributed by atoms with E-state index in [1.807, 2.05) is 6.92 Å². The van der Waals surface area contributed by atoms with E-state index in [2.05, 4.69) is 4.74 Å². The van der Waals surface area contributed by atoms with Crippen molar-refractivity contribution in [1.29, 1.82) is 0 Å². The third kappa shape index (κ3) is 3.34. The van der Waals surface area contributed by atoms with Gasteiger partial charge in [0.1, 0.15) is 5.57 Å². The van der Waals surface area contributed by atoms with Crippen LogP contribution in [0.4, 0.5) is 0 Å². The zero-order chi connectivity index (χ0) is 16.0. The summed E-state index contributed by atoms with van der Waals surface area (Å²) in [4.78, 5) is 37.6. The average molecular weight is 299 g/mol. The van der Waals surface area contributed by atoms with Crippen LogP contribution in [0, 0.1) is 0 Å². The fraction of sp³-hybridized carbons (Fsp3) is 0.643. The molecule has 1 amide bonds. The van der Waals surface area contributed by atoms with Gasteiger partial charge in [0.05, 0.1) is 20.8 Å². The van der Waals surface area contributed by atoms with Gasteiger partial charge in [0.15, 0.2) is 11.8 Å². The molecule has 7 heteroatoms. The van der Waals surface area contributed by atoms with Gasteiger partial charge in [-0.15, -0.1) is 0 Å². The summed E-state index contributed by atoms with van der Waals surface area (Å²) >= 11 is 0. The van der Waals surface area contributed by atoms with E-state index in [1.54, 1.807) is 6.92 Å². The predicted molar refractivity (Wildman–Crippen MR) is 73.1 cm³/mol. The lowest BCUT2D eigenvalue weighted by atomic mass is 10.1. The average Bonchev–Trinajstić information content (AvgIpc) is 2.77. The molecule has 0 aromatic carbocycles. The van der Waals surface area contributed by atoms with Crippen molar-refractivity contribution in [2.75, 3.05) is 27.4 Å². The van der Waals surface area contributed by atoms with Gasteiger partial charge in [-0.05, 0) is 13.3 Å². The molecule has 0 aliphatic carbocycles. The molecule has 118 valence electrons. The second-order valence-electron chi connectivity index (χ2n) is 4.45. The summed E-state index contributed by atoms with van der Waals surface area (Å²) < 4.78 is 14.7. The molecule has 0 fully saturated rings. The topological polar surface area (TPSA) is 82.1 Å². The van der Waals surface area contributed by atoms with Crippen molar-refractivity contribution in [3.8, 4) is 0 Å². The van der Waals surface area contributed by atoms with Crippen LogP contribution in [-0.4, -0.2) is 56.2 Å². The minimum atomic E-state index is -1.11. The lowest BCUT2D eigenvalue weighted by Gasteiger charge is -2.23. The molecule has 1 aliphatic heterocycles. The molecule has 1 aliphatic rings. The Balaban J connectivity index is 3.26. The van der Waals surface area contributed by atoms with Crippen LogP contribution in [0.2, 0.25) is 0 Å². The van der Waals surface area contributed by atoms with E-state index in [0.29, 0.717) is 13.0 Å². The second-order valence-corrected chi connectivity index (χ2v) is 4.45. The summed E-state index contributed by atoms with van der Waals surface area (Å²) in [6, 6.07) is -1.11. The standard InChI is InChI=1S/C14H21NO6/c1-5-7-8-15-10(14(18)20-4)9(13(17)19-3)11(12(15)16)21-6-2/h10H,5-8H2,1-4H3. The maximum atomic E-state index is 12.4. The molecule has 7 nitrogen and oxygen atoms in total. The summed E-state index contributed by atoms with van der Waals surface area (Å²) in [7, 11) is 2.39. The zero-order valence-electron chi connectivity index (χ0n) is 12.8. The fourth-order valence-electron chi connectivity index (χ4n) is 2.16. The summed E-state index contributed by atoms with van der Waals surface area (Å²) in [6.07, 6.45) is 1.54. The highest BCUT2D eigenvalue weighted by molar-refractivity contribution is 6.11. The number of nitrogens with zero attached hydrogens (tertiary/aromatic N) is 1. The van der Waals surface area contributed by atoms with Crippen molar-refractivity contribution in [3.05, 3.63) is 11.3 Å². The molecule has 1 atom stereocenters. The summed E-state index contributed by atoms with van der Waals surface area (Å²) in [5, 5.41) is 0. The van der Waals surface area contributed by atoms with Crippen LogP contribution in [0.15, 0.2) is 11.3 Å². The highest BCUT2D eigenvalue weighted by Gasteiger charge is 2.48. The Morgan fingerprint density at radius 1 is 1.19 bits per heavy atom. The smallest absolute Gasteiger partial charge is 0.340 e. The molecular weight excluding hydrogens is 278 g/mol. The minimum Gasteiger partial charge on any atom is -0.488 e. The number of hydrogen-bond donors (Lipinski definition) is 0. The number of hydrogen-bond acceptors (Lipinski definition) is 6. The number of ether oxygens (including phenoxy) is 3. The van der Waals surface area contributed by atoms with E-state index < -0.39 is 23.9 Å². The van der Waals surface area contributed by atoms with Gasteiger partial charge in [0, 0.05) is 6.54 Å². The molecule has 21 heavy (non-hydrogen) atoms. The van der Waals surface area contributed by atoms with Gasteiger partial charge >= 0.3 is 11.9 Å². The van der Waals surface area contributed by atoms with E-state index in [4.69, 9.17) is 9.47 Å². The van der Waals surface area contributed by atoms with Crippen LogP contribution in [-0.2, 0) is 28.6 Å². The molecule has 0 bridgehead atoms. The van der Waals surface area contributed by atoms with Crippen LogP contribution in [0.25, 0.3) is 0 Å². The predicted octanol–water partition coefficient (Wildman–Crippen LogP) is 0.634. The van der Waals surface area contributed by atoms with Crippen LogP contribution in [0.5, 0.6) is 0 Å². The first-order valence-corrected chi connectivity index (χ1v) is 6.87. The van der Waals surface area contributed by atoms with Gasteiger partial charge in [-0.25, -0.2) is 9.59 Å². The van der Waals surface area contributed by atoms with Gasteiger partial charge in [-0.1, -0.05) is 13.3 Å². The number of carbonyl (C=O) groups is 3. The van der Waals surface area contributed by atoms with Gasteiger partial charge in [0.25, 0.3) is 5.91 Å². The third-order valence-corrected chi connectivity index (χ3v) is 3.16. The number of amides is 1. The second kappa shape index (κ2) is 7.66. The highest BCUT2D eigenvalue weighted by atomic mass is 16.5. The van der Waals surface area contributed by atoms with Gasteiger partial charge in [0.2, 0.25) is 0 Å². The first-order chi connectivity index (χ1) is 10.0. The highest BCUT2D eigenvalue weighted by Crippen LogP contribution is 2.29. The van der Waals surface area contributed by atoms with Gasteiger partial charge in [-0.2, -0.15) is 0 Å². The monoisotopic (exact) mass is 299 g/mol. The molecule has 0 radical (unpaired) electrons. The van der Waals surface area contributed by atoms with E-state index in [9.17, 15) is 14.4 Å². The van der Waals surface area contributed by atoms with Gasteiger partial charge in [-0.3, -0.25) is 4.79 Å². The lowest BCUT2D eigenvalue weighted by Crippen LogP contribution is -2.43. The van der Waals surface area contributed by atoms with Crippen LogP contribution >= 0.6 is 0 Å². The summed E-state index contributed by atoms with van der Waals surface area (Å²) in [5.41, 5.74) is -0.0905. The Labute approximate surface area is 123 Å². The quantitative estimate of drug-likeness (QED) is 0.641. The van der Waals surface area contributed by atoms with Crippen molar-refractivity contribution >= 4 is 17.8 Å². The number of carbonyl (C=O) groups excluding carboxylic acids is 3. The molecule has 0 saturated carbocycles. The number of methoxy groups -OCH3 is 2. The van der Waals surface area contributed by atoms with E-state index >= 15 is 0 Å². The molecule has 0 aromatic rings. The molecule has 1 rings (SSSR count). The largest absolute Gasteiger partial charge is 0.488 e. The Morgan fingerprint density at radius 2 is 1.86 bits per heavy atom. The number of rotatable bonds is 7. The van der Waals surface area contributed by atoms with E-state index in [1.165, 1.54) is 19.1 Å². The summed E-state index contributed by atoms with van der Waals surface area (Å²) in [6.45, 7) is 4.20. The Kier molecular flexibility index (Phi) is 6.20. The summed E-state index contributed by atoms with van der Waals surface area (Å²) in [5.74, 6) is -2.06. The fourth-order valence-corrected chi connectivity index (χ4v) is 2.16. The SMILES string of the molecule is CCCCN1C(=O)C(OCC)=C(C(=O)OC)C1C(=O)OC. The Hall–Kier alpha value is -2.05. The van der Waals surface area contributed by atoms with Crippen molar-refractivity contribution in [3.63, 3.8) is 0 Å². The van der Waals surface area contributed by atoms with Crippen molar-refractivity contribution in [2.45, 2.75) is 32.7 Å². The maximum Gasteiger partial charge on any atom is 0.340 e. The first-order valence-electron chi connectivity index (χ1n) is 6.87. The normalized spacial score (nSPS) is 18.0. The number of unbranched alkanes of at least 4 members (excludes halogenated alkanes) is 1. The molecule has 0 aromatic heterocycles. The molecule has 0 saturated heterocycles. The molecular formula is C14H21NO6. The third-order valence-electron chi connectivity index (χ3n) is 3.16. The van der Waals surface area contributed by atoms with E-state index in [-0.39, 0.29) is 17.9 Å². The first kappa shape index (κ1) is 17.0. The molecule has 0 N–H and O–H groups in total. The van der Waals surface area contributed by atoms with Crippen molar-refractivity contribution in [1.82, 2.24) is 4.90 Å². The lowest BCUT2D eigenvalue weighted by molar-refractivity contribution is -0.150. The zero-order valence-corrected chi connectivity index (χ0v) is 12.8. The van der Waals surface area contributed by atoms with Crippen LogP contribution in [0.3, 0.4) is 0 Å². The number of esters is 2. The van der Waals surface area contributed by atoms with Crippen molar-refractivity contribution < 1.29 is 28.6 Å². The molecule has 1 unspecified atom stereocenters. The van der Waals surface area contributed by atoms with Crippen LogP contribution in [0.1, 0.15) is 26.7 Å². The van der Waals surface area contributed by atoms with Crippen molar-refractivity contribution in [2.24, 2.45) is 0 Å².